The number of carboxylic acids is 1. The molecule has 0 aliphatic carbocycles. The first kappa shape index (κ1) is 13.2. The van der Waals surface area contributed by atoms with Crippen molar-refractivity contribution in [3.63, 3.8) is 0 Å². The Bertz CT molecular complexity index is 519. The zero-order chi connectivity index (χ0) is 14.0. The van der Waals surface area contributed by atoms with Crippen molar-refractivity contribution < 1.29 is 19.6 Å². The number of carboxylic acid groups (broad SMARTS) is 1. The fourth-order valence-electron chi connectivity index (χ4n) is 1.96. The van der Waals surface area contributed by atoms with Gasteiger partial charge in [0.15, 0.2) is 5.69 Å². The third kappa shape index (κ3) is 2.63. The SMILES string of the molecule is CC1COCCN1c1nc(C(=O)O)ccc1[N+](=O)[O-]. The molecule has 1 aromatic rings. The second-order valence-corrected chi connectivity index (χ2v) is 4.22. The lowest BCUT2D eigenvalue weighted by Gasteiger charge is -2.33. The minimum Gasteiger partial charge on any atom is -0.477 e. The van der Waals surface area contributed by atoms with Crippen molar-refractivity contribution in [2.24, 2.45) is 0 Å². The largest absolute Gasteiger partial charge is 0.477 e. The van der Waals surface area contributed by atoms with Crippen LogP contribution in [0.25, 0.3) is 0 Å². The van der Waals surface area contributed by atoms with Crippen molar-refractivity contribution in [2.75, 3.05) is 24.7 Å². The second kappa shape index (κ2) is 5.19. The average Bonchev–Trinajstić information content (AvgIpc) is 2.38. The van der Waals surface area contributed by atoms with E-state index >= 15 is 0 Å². The van der Waals surface area contributed by atoms with Crippen LogP contribution in [0.5, 0.6) is 0 Å². The van der Waals surface area contributed by atoms with Crippen LogP contribution in [0.4, 0.5) is 11.5 Å². The number of hydrogen-bond acceptors (Lipinski definition) is 6. The lowest BCUT2D eigenvalue weighted by Crippen LogP contribution is -2.44. The minimum absolute atomic E-state index is 0.0840. The summed E-state index contributed by atoms with van der Waals surface area (Å²) in [5.74, 6) is -1.13. The lowest BCUT2D eigenvalue weighted by atomic mass is 10.2. The predicted octanol–water partition coefficient (Wildman–Crippen LogP) is 0.913. The fraction of sp³-hybridized carbons (Fsp3) is 0.455. The zero-order valence-electron chi connectivity index (χ0n) is 10.3. The van der Waals surface area contributed by atoms with Gasteiger partial charge in [0.1, 0.15) is 0 Å². The fourth-order valence-corrected chi connectivity index (χ4v) is 1.96. The number of nitrogens with zero attached hydrogens (tertiary/aromatic N) is 3. The Morgan fingerprint density at radius 2 is 2.37 bits per heavy atom. The minimum atomic E-state index is -1.21. The summed E-state index contributed by atoms with van der Waals surface area (Å²) < 4.78 is 5.26. The van der Waals surface area contributed by atoms with E-state index in [2.05, 4.69) is 4.98 Å². The Labute approximate surface area is 108 Å². The Morgan fingerprint density at radius 1 is 1.63 bits per heavy atom. The van der Waals surface area contributed by atoms with Gasteiger partial charge in [-0.2, -0.15) is 0 Å². The highest BCUT2D eigenvalue weighted by atomic mass is 16.6. The second-order valence-electron chi connectivity index (χ2n) is 4.22. The average molecular weight is 267 g/mol. The van der Waals surface area contributed by atoms with Crippen LogP contribution in [0.3, 0.4) is 0 Å². The van der Waals surface area contributed by atoms with Crippen LogP contribution >= 0.6 is 0 Å². The number of hydrogen-bond donors (Lipinski definition) is 1. The number of aromatic carboxylic acids is 1. The van der Waals surface area contributed by atoms with Gasteiger partial charge in [0.05, 0.1) is 24.2 Å². The van der Waals surface area contributed by atoms with E-state index < -0.39 is 10.9 Å². The molecule has 1 aromatic heterocycles. The molecule has 1 fully saturated rings. The van der Waals surface area contributed by atoms with Crippen LogP contribution in [0.15, 0.2) is 12.1 Å². The molecule has 0 saturated carbocycles. The first-order valence-electron chi connectivity index (χ1n) is 5.74. The molecule has 1 N–H and O–H groups in total. The Kier molecular flexibility index (Phi) is 3.61. The van der Waals surface area contributed by atoms with Gasteiger partial charge in [-0.15, -0.1) is 0 Å². The summed E-state index contributed by atoms with van der Waals surface area (Å²) in [5, 5.41) is 19.9. The maximum absolute atomic E-state index is 11.0. The van der Waals surface area contributed by atoms with Crippen molar-refractivity contribution >= 4 is 17.5 Å². The van der Waals surface area contributed by atoms with Gasteiger partial charge < -0.3 is 14.7 Å². The van der Waals surface area contributed by atoms with Crippen molar-refractivity contribution in [3.8, 4) is 0 Å². The molecule has 8 heteroatoms. The van der Waals surface area contributed by atoms with Crippen LogP contribution in [0, 0.1) is 10.1 Å². The molecule has 2 rings (SSSR count). The first-order chi connectivity index (χ1) is 9.00. The number of ether oxygens (including phenoxy) is 1. The van der Waals surface area contributed by atoms with E-state index in [-0.39, 0.29) is 23.2 Å². The van der Waals surface area contributed by atoms with Gasteiger partial charge in [-0.05, 0) is 13.0 Å². The molecule has 1 unspecified atom stereocenters. The molecule has 0 amide bonds. The van der Waals surface area contributed by atoms with Gasteiger partial charge in [0.2, 0.25) is 5.82 Å². The molecule has 0 radical (unpaired) electrons. The summed E-state index contributed by atoms with van der Waals surface area (Å²) in [4.78, 5) is 27.0. The molecule has 19 heavy (non-hydrogen) atoms. The normalized spacial score (nSPS) is 19.2. The molecule has 0 aromatic carbocycles. The summed E-state index contributed by atoms with van der Waals surface area (Å²) in [6.45, 7) is 3.15. The van der Waals surface area contributed by atoms with Crippen molar-refractivity contribution in [3.05, 3.63) is 27.9 Å². The molecule has 1 aliphatic rings. The number of anilines is 1. The maximum Gasteiger partial charge on any atom is 0.354 e. The molecule has 2 heterocycles. The number of rotatable bonds is 3. The zero-order valence-corrected chi connectivity index (χ0v) is 10.3. The number of nitro groups is 1. The number of aromatic nitrogens is 1. The van der Waals surface area contributed by atoms with Gasteiger partial charge in [-0.1, -0.05) is 0 Å². The lowest BCUT2D eigenvalue weighted by molar-refractivity contribution is -0.384. The number of pyridine rings is 1. The topological polar surface area (TPSA) is 106 Å². The van der Waals surface area contributed by atoms with Gasteiger partial charge in [0, 0.05) is 12.6 Å². The highest BCUT2D eigenvalue weighted by Gasteiger charge is 2.28. The summed E-state index contributed by atoms with van der Waals surface area (Å²) in [5.41, 5.74) is -0.405. The maximum atomic E-state index is 11.0. The van der Waals surface area contributed by atoms with E-state index in [9.17, 15) is 14.9 Å². The summed E-state index contributed by atoms with van der Waals surface area (Å²) in [6.07, 6.45) is 0. The molecule has 1 aliphatic heterocycles. The quantitative estimate of drug-likeness (QED) is 0.640. The standard InChI is InChI=1S/C11H13N3O5/c1-7-6-19-5-4-13(7)10-9(14(17)18)3-2-8(12-10)11(15)16/h2-3,7H,4-6H2,1H3,(H,15,16). The van der Waals surface area contributed by atoms with Crippen LogP contribution in [0.1, 0.15) is 17.4 Å². The third-order valence-electron chi connectivity index (χ3n) is 2.91. The third-order valence-corrected chi connectivity index (χ3v) is 2.91. The molecule has 0 bridgehead atoms. The van der Waals surface area contributed by atoms with Gasteiger partial charge in [0.25, 0.3) is 0 Å². The van der Waals surface area contributed by atoms with Crippen molar-refractivity contribution in [1.29, 1.82) is 0 Å². The van der Waals surface area contributed by atoms with E-state index in [0.717, 1.165) is 6.07 Å². The van der Waals surface area contributed by atoms with Crippen LogP contribution in [-0.2, 0) is 4.74 Å². The van der Waals surface area contributed by atoms with Gasteiger partial charge in [-0.3, -0.25) is 10.1 Å². The smallest absolute Gasteiger partial charge is 0.354 e. The predicted molar refractivity (Wildman–Crippen MR) is 65.5 cm³/mol. The molecule has 1 saturated heterocycles. The number of morpholine rings is 1. The Morgan fingerprint density at radius 3 is 2.95 bits per heavy atom. The number of carbonyl (C=O) groups is 1. The van der Waals surface area contributed by atoms with Gasteiger partial charge >= 0.3 is 11.7 Å². The van der Waals surface area contributed by atoms with Crippen LogP contribution in [0.2, 0.25) is 0 Å². The Balaban J connectivity index is 2.47. The molecular formula is C11H13N3O5. The highest BCUT2D eigenvalue weighted by molar-refractivity contribution is 5.86. The van der Waals surface area contributed by atoms with Crippen LogP contribution < -0.4 is 4.90 Å². The Hall–Kier alpha value is -2.22. The van der Waals surface area contributed by atoms with Crippen molar-refractivity contribution in [2.45, 2.75) is 13.0 Å². The monoisotopic (exact) mass is 267 g/mol. The molecule has 1 atom stereocenters. The van der Waals surface area contributed by atoms with Crippen molar-refractivity contribution in [1.82, 2.24) is 4.98 Å². The summed E-state index contributed by atoms with van der Waals surface area (Å²) in [7, 11) is 0. The molecule has 8 nitrogen and oxygen atoms in total. The molecular weight excluding hydrogens is 254 g/mol. The summed E-state index contributed by atoms with van der Waals surface area (Å²) >= 11 is 0. The first-order valence-corrected chi connectivity index (χ1v) is 5.74. The van der Waals surface area contributed by atoms with E-state index in [4.69, 9.17) is 9.84 Å². The van der Waals surface area contributed by atoms with E-state index in [1.807, 2.05) is 6.92 Å². The molecule has 102 valence electrons. The van der Waals surface area contributed by atoms with E-state index in [1.165, 1.54) is 6.07 Å². The highest BCUT2D eigenvalue weighted by Crippen LogP contribution is 2.28. The summed E-state index contributed by atoms with van der Waals surface area (Å²) in [6, 6.07) is 2.22. The van der Waals surface area contributed by atoms with E-state index in [1.54, 1.807) is 4.90 Å². The molecule has 0 spiro atoms. The van der Waals surface area contributed by atoms with E-state index in [0.29, 0.717) is 19.8 Å². The van der Waals surface area contributed by atoms with Gasteiger partial charge in [-0.25, -0.2) is 9.78 Å². The van der Waals surface area contributed by atoms with Crippen LogP contribution in [-0.4, -0.2) is 46.8 Å².